The molecule has 0 bridgehead atoms. The molecule has 0 amide bonds. The first-order valence-corrected chi connectivity index (χ1v) is 5.28. The number of rotatable bonds is 2. The van der Waals surface area contributed by atoms with Crippen molar-refractivity contribution < 1.29 is 9.50 Å². The zero-order chi connectivity index (χ0) is 10.8. The summed E-state index contributed by atoms with van der Waals surface area (Å²) in [5.74, 6) is -0.140. The molecule has 0 aliphatic carbocycles. The van der Waals surface area contributed by atoms with E-state index in [9.17, 15) is 4.39 Å². The van der Waals surface area contributed by atoms with Crippen molar-refractivity contribution in [2.45, 2.75) is 18.9 Å². The second-order valence-corrected chi connectivity index (χ2v) is 4.07. The molecule has 1 fully saturated rings. The monoisotopic (exact) mass is 230 g/mol. The van der Waals surface area contributed by atoms with Crippen LogP contribution < -0.4 is 4.90 Å². The van der Waals surface area contributed by atoms with Gasteiger partial charge in [0, 0.05) is 12.7 Å². The summed E-state index contributed by atoms with van der Waals surface area (Å²) in [4.78, 5) is 5.76. The molecular weight excluding hydrogens is 219 g/mol. The minimum absolute atomic E-state index is 0.0202. The fourth-order valence-corrected chi connectivity index (χ4v) is 2.07. The summed E-state index contributed by atoms with van der Waals surface area (Å²) in [5, 5.41) is 9.41. The first kappa shape index (κ1) is 10.6. The van der Waals surface area contributed by atoms with Crippen LogP contribution in [0.5, 0.6) is 0 Å². The second kappa shape index (κ2) is 4.33. The zero-order valence-electron chi connectivity index (χ0n) is 8.16. The van der Waals surface area contributed by atoms with E-state index >= 15 is 0 Å². The van der Waals surface area contributed by atoms with Gasteiger partial charge in [-0.05, 0) is 18.9 Å². The van der Waals surface area contributed by atoms with Gasteiger partial charge in [0.05, 0.1) is 17.7 Å². The van der Waals surface area contributed by atoms with E-state index in [0.29, 0.717) is 0 Å². The normalized spacial score (nSPS) is 21.0. The van der Waals surface area contributed by atoms with Gasteiger partial charge in [-0.15, -0.1) is 0 Å². The number of hydrogen-bond donors (Lipinski definition) is 1. The van der Waals surface area contributed by atoms with E-state index in [1.165, 1.54) is 12.3 Å². The zero-order valence-corrected chi connectivity index (χ0v) is 8.91. The fourth-order valence-electron chi connectivity index (χ4n) is 1.92. The molecule has 1 aromatic rings. The van der Waals surface area contributed by atoms with Gasteiger partial charge in [-0.2, -0.15) is 0 Å². The van der Waals surface area contributed by atoms with E-state index < -0.39 is 5.82 Å². The highest BCUT2D eigenvalue weighted by Gasteiger charge is 2.26. The maximum atomic E-state index is 13.5. The number of nitrogens with zero attached hydrogens (tertiary/aromatic N) is 2. The standard InChI is InChI=1S/C10H12ClFN2O/c11-7-4-9(12)10(13-5-7)14-3-1-2-8(14)6-15/h4-5,8,15H,1-3,6H2. The summed E-state index contributed by atoms with van der Waals surface area (Å²) < 4.78 is 13.5. The van der Waals surface area contributed by atoms with E-state index in [0.717, 1.165) is 19.4 Å². The Bertz CT molecular complexity index is 361. The molecule has 82 valence electrons. The summed E-state index contributed by atoms with van der Waals surface area (Å²) in [6.07, 6.45) is 3.25. The quantitative estimate of drug-likeness (QED) is 0.842. The fraction of sp³-hybridized carbons (Fsp3) is 0.500. The number of aromatic nitrogens is 1. The third kappa shape index (κ3) is 2.06. The Hall–Kier alpha value is -0.870. The van der Waals surface area contributed by atoms with E-state index in [4.69, 9.17) is 16.7 Å². The second-order valence-electron chi connectivity index (χ2n) is 3.63. The minimum atomic E-state index is -0.428. The average Bonchev–Trinajstić information content (AvgIpc) is 2.65. The van der Waals surface area contributed by atoms with Gasteiger partial charge in [-0.1, -0.05) is 11.6 Å². The molecule has 1 unspecified atom stereocenters. The molecule has 0 aromatic carbocycles. The smallest absolute Gasteiger partial charge is 0.167 e. The molecule has 1 atom stereocenters. The predicted molar refractivity (Wildman–Crippen MR) is 56.7 cm³/mol. The lowest BCUT2D eigenvalue weighted by Crippen LogP contribution is -2.33. The average molecular weight is 231 g/mol. The maximum absolute atomic E-state index is 13.5. The molecule has 1 saturated heterocycles. The minimum Gasteiger partial charge on any atom is -0.394 e. The molecule has 1 N–H and O–H groups in total. The largest absolute Gasteiger partial charge is 0.394 e. The van der Waals surface area contributed by atoms with Crippen molar-refractivity contribution in [3.63, 3.8) is 0 Å². The van der Waals surface area contributed by atoms with Crippen LogP contribution in [0.1, 0.15) is 12.8 Å². The molecule has 1 aliphatic heterocycles. The first-order chi connectivity index (χ1) is 7.22. The summed E-state index contributed by atoms with van der Waals surface area (Å²) in [6, 6.07) is 1.23. The summed E-state index contributed by atoms with van der Waals surface area (Å²) in [7, 11) is 0. The third-order valence-corrected chi connectivity index (χ3v) is 2.86. The summed E-state index contributed by atoms with van der Waals surface area (Å²) in [6.45, 7) is 0.764. The Kier molecular flexibility index (Phi) is 3.07. The summed E-state index contributed by atoms with van der Waals surface area (Å²) in [5.41, 5.74) is 0. The lowest BCUT2D eigenvalue weighted by atomic mass is 10.2. The van der Waals surface area contributed by atoms with Gasteiger partial charge in [0.15, 0.2) is 11.6 Å². The molecule has 15 heavy (non-hydrogen) atoms. The number of hydrogen-bond acceptors (Lipinski definition) is 3. The predicted octanol–water partition coefficient (Wildman–Crippen LogP) is 1.84. The SMILES string of the molecule is OCC1CCCN1c1ncc(Cl)cc1F. The molecule has 2 rings (SSSR count). The Labute approximate surface area is 92.5 Å². The lowest BCUT2D eigenvalue weighted by molar-refractivity contribution is 0.265. The van der Waals surface area contributed by atoms with Crippen molar-refractivity contribution in [1.82, 2.24) is 4.98 Å². The maximum Gasteiger partial charge on any atom is 0.167 e. The van der Waals surface area contributed by atoms with E-state index in [2.05, 4.69) is 4.98 Å². The van der Waals surface area contributed by atoms with Gasteiger partial charge in [-0.25, -0.2) is 9.37 Å². The highest BCUT2D eigenvalue weighted by Crippen LogP contribution is 2.26. The highest BCUT2D eigenvalue weighted by molar-refractivity contribution is 6.30. The van der Waals surface area contributed by atoms with Crippen LogP contribution in [0.4, 0.5) is 10.2 Å². The van der Waals surface area contributed by atoms with Gasteiger partial charge in [-0.3, -0.25) is 0 Å². The number of anilines is 1. The van der Waals surface area contributed by atoms with Crippen molar-refractivity contribution in [2.24, 2.45) is 0 Å². The van der Waals surface area contributed by atoms with Crippen LogP contribution >= 0.6 is 11.6 Å². The lowest BCUT2D eigenvalue weighted by Gasteiger charge is -2.24. The van der Waals surface area contributed by atoms with Crippen LogP contribution in [0.2, 0.25) is 5.02 Å². The van der Waals surface area contributed by atoms with Crippen molar-refractivity contribution in [3.05, 3.63) is 23.1 Å². The van der Waals surface area contributed by atoms with Crippen LogP contribution in [0.15, 0.2) is 12.3 Å². The van der Waals surface area contributed by atoms with Gasteiger partial charge < -0.3 is 10.0 Å². The molecular formula is C10H12ClFN2O. The van der Waals surface area contributed by atoms with Crippen molar-refractivity contribution in [2.75, 3.05) is 18.1 Å². The Balaban J connectivity index is 2.28. The Morgan fingerprint density at radius 3 is 3.13 bits per heavy atom. The molecule has 1 aromatic heterocycles. The Morgan fingerprint density at radius 1 is 1.67 bits per heavy atom. The molecule has 2 heterocycles. The number of pyridine rings is 1. The Morgan fingerprint density at radius 2 is 2.47 bits per heavy atom. The highest BCUT2D eigenvalue weighted by atomic mass is 35.5. The molecule has 3 nitrogen and oxygen atoms in total. The number of aliphatic hydroxyl groups is 1. The van der Waals surface area contributed by atoms with E-state index in [1.807, 2.05) is 0 Å². The van der Waals surface area contributed by atoms with Gasteiger partial charge in [0.1, 0.15) is 0 Å². The summed E-state index contributed by atoms with van der Waals surface area (Å²) >= 11 is 5.62. The molecule has 0 radical (unpaired) electrons. The molecule has 5 heteroatoms. The van der Waals surface area contributed by atoms with Crippen molar-refractivity contribution in [3.8, 4) is 0 Å². The van der Waals surface area contributed by atoms with Crippen molar-refractivity contribution >= 4 is 17.4 Å². The molecule has 0 spiro atoms. The number of halogens is 2. The first-order valence-electron chi connectivity index (χ1n) is 4.91. The van der Waals surface area contributed by atoms with Crippen LogP contribution in [-0.2, 0) is 0 Å². The van der Waals surface area contributed by atoms with E-state index in [-0.39, 0.29) is 23.5 Å². The van der Waals surface area contributed by atoms with Crippen LogP contribution in [-0.4, -0.2) is 29.3 Å². The van der Waals surface area contributed by atoms with Crippen molar-refractivity contribution in [1.29, 1.82) is 0 Å². The van der Waals surface area contributed by atoms with Crippen LogP contribution in [0.25, 0.3) is 0 Å². The van der Waals surface area contributed by atoms with Crippen LogP contribution in [0.3, 0.4) is 0 Å². The van der Waals surface area contributed by atoms with Crippen LogP contribution in [0, 0.1) is 5.82 Å². The molecule has 0 saturated carbocycles. The van der Waals surface area contributed by atoms with Gasteiger partial charge in [0.25, 0.3) is 0 Å². The van der Waals surface area contributed by atoms with E-state index in [1.54, 1.807) is 4.90 Å². The number of aliphatic hydroxyl groups excluding tert-OH is 1. The van der Waals surface area contributed by atoms with Gasteiger partial charge in [0.2, 0.25) is 0 Å². The topological polar surface area (TPSA) is 36.4 Å². The molecule has 1 aliphatic rings. The van der Waals surface area contributed by atoms with Gasteiger partial charge >= 0.3 is 0 Å². The third-order valence-electron chi connectivity index (χ3n) is 2.65.